The fourth-order valence-corrected chi connectivity index (χ4v) is 3.80. The van der Waals surface area contributed by atoms with Crippen molar-refractivity contribution in [3.8, 4) is 0 Å². The minimum atomic E-state index is -0.552. The van der Waals surface area contributed by atoms with E-state index in [1.807, 2.05) is 44.2 Å². The molecule has 2 atom stereocenters. The second kappa shape index (κ2) is 9.01. The smallest absolute Gasteiger partial charge is 0.341 e. The quantitative estimate of drug-likeness (QED) is 0.736. The van der Waals surface area contributed by atoms with Crippen LogP contribution in [0, 0.1) is 0 Å². The number of hydrogen-bond acceptors (Lipinski definition) is 6. The lowest BCUT2D eigenvalue weighted by molar-refractivity contribution is -0.146. The van der Waals surface area contributed by atoms with Gasteiger partial charge in [0.15, 0.2) is 6.61 Å². The van der Waals surface area contributed by atoms with Crippen LogP contribution in [-0.4, -0.2) is 53.7 Å². The predicted molar refractivity (Wildman–Crippen MR) is 102 cm³/mol. The van der Waals surface area contributed by atoms with Gasteiger partial charge in [0.05, 0.1) is 17.8 Å². The molecule has 1 fully saturated rings. The molecule has 1 aliphatic heterocycles. The molecule has 1 aromatic carbocycles. The van der Waals surface area contributed by atoms with Crippen LogP contribution in [-0.2, 0) is 14.3 Å². The molecule has 6 nitrogen and oxygen atoms in total. The van der Waals surface area contributed by atoms with Crippen LogP contribution >= 0.6 is 11.8 Å². The maximum Gasteiger partial charge on any atom is 0.341 e. The molecule has 2 aromatic rings. The van der Waals surface area contributed by atoms with Crippen molar-refractivity contribution in [2.24, 2.45) is 0 Å². The maximum absolute atomic E-state index is 12.5. The van der Waals surface area contributed by atoms with Crippen molar-refractivity contribution >= 4 is 23.6 Å². The van der Waals surface area contributed by atoms with Gasteiger partial charge in [0.1, 0.15) is 5.03 Å². The van der Waals surface area contributed by atoms with Crippen molar-refractivity contribution in [1.82, 2.24) is 9.88 Å². The molecule has 2 heterocycles. The topological polar surface area (TPSA) is 68.7 Å². The molecule has 0 bridgehead atoms. The first-order valence-corrected chi connectivity index (χ1v) is 9.63. The van der Waals surface area contributed by atoms with Gasteiger partial charge in [-0.1, -0.05) is 30.0 Å². The van der Waals surface area contributed by atoms with Crippen molar-refractivity contribution in [2.75, 3.05) is 19.7 Å². The summed E-state index contributed by atoms with van der Waals surface area (Å²) in [5.41, 5.74) is 0.350. The summed E-state index contributed by atoms with van der Waals surface area (Å²) in [6.45, 7) is 4.56. The summed E-state index contributed by atoms with van der Waals surface area (Å²) in [5, 5.41) is 0.551. The molecule has 7 heteroatoms. The second-order valence-corrected chi connectivity index (χ2v) is 7.47. The SMILES string of the molecule is CC1CN(C(=O)COC(=O)c2cccnc2Sc2ccccc2)CC(C)O1. The van der Waals surface area contributed by atoms with E-state index < -0.39 is 5.97 Å². The van der Waals surface area contributed by atoms with E-state index in [0.29, 0.717) is 23.7 Å². The van der Waals surface area contributed by atoms with Crippen molar-refractivity contribution in [3.05, 3.63) is 54.2 Å². The predicted octanol–water partition coefficient (Wildman–Crippen LogP) is 3.03. The molecule has 3 rings (SSSR count). The van der Waals surface area contributed by atoms with Gasteiger partial charge in [-0.15, -0.1) is 0 Å². The van der Waals surface area contributed by atoms with Crippen LogP contribution in [0.2, 0.25) is 0 Å². The molecule has 0 N–H and O–H groups in total. The van der Waals surface area contributed by atoms with Crippen LogP contribution in [0.1, 0.15) is 24.2 Å². The number of hydrogen-bond donors (Lipinski definition) is 0. The van der Waals surface area contributed by atoms with E-state index in [0.717, 1.165) is 4.90 Å². The summed E-state index contributed by atoms with van der Waals surface area (Å²) in [6.07, 6.45) is 1.57. The fourth-order valence-electron chi connectivity index (χ4n) is 2.91. The Morgan fingerprint density at radius 3 is 2.56 bits per heavy atom. The molecule has 142 valence electrons. The monoisotopic (exact) mass is 386 g/mol. The van der Waals surface area contributed by atoms with Crippen molar-refractivity contribution < 1.29 is 19.1 Å². The van der Waals surface area contributed by atoms with E-state index in [1.165, 1.54) is 11.8 Å². The summed E-state index contributed by atoms with van der Waals surface area (Å²) in [7, 11) is 0. The van der Waals surface area contributed by atoms with Crippen LogP contribution < -0.4 is 0 Å². The van der Waals surface area contributed by atoms with Gasteiger partial charge in [-0.25, -0.2) is 9.78 Å². The highest BCUT2D eigenvalue weighted by molar-refractivity contribution is 7.99. The van der Waals surface area contributed by atoms with Crippen LogP contribution in [0.25, 0.3) is 0 Å². The minimum absolute atomic E-state index is 0.0272. The Kier molecular flexibility index (Phi) is 6.47. The van der Waals surface area contributed by atoms with Gasteiger partial charge in [0.2, 0.25) is 0 Å². The lowest BCUT2D eigenvalue weighted by Gasteiger charge is -2.35. The molecule has 1 amide bonds. The molecule has 1 aromatic heterocycles. The highest BCUT2D eigenvalue weighted by Gasteiger charge is 2.26. The first kappa shape index (κ1) is 19.4. The fraction of sp³-hybridized carbons (Fsp3) is 0.350. The Balaban J connectivity index is 1.62. The van der Waals surface area contributed by atoms with E-state index in [4.69, 9.17) is 9.47 Å². The number of carbonyl (C=O) groups is 2. The van der Waals surface area contributed by atoms with Gasteiger partial charge in [-0.3, -0.25) is 4.79 Å². The molecule has 0 spiro atoms. The van der Waals surface area contributed by atoms with Gasteiger partial charge in [0, 0.05) is 24.2 Å². The lowest BCUT2D eigenvalue weighted by atomic mass is 10.2. The van der Waals surface area contributed by atoms with E-state index in [9.17, 15) is 9.59 Å². The molecule has 1 aliphatic rings. The number of pyridine rings is 1. The van der Waals surface area contributed by atoms with Gasteiger partial charge < -0.3 is 14.4 Å². The molecular weight excluding hydrogens is 364 g/mol. The van der Waals surface area contributed by atoms with Crippen molar-refractivity contribution in [2.45, 2.75) is 36.0 Å². The van der Waals surface area contributed by atoms with Gasteiger partial charge in [0.25, 0.3) is 5.91 Å². The standard InChI is InChI=1S/C20H22N2O4S/c1-14-11-22(12-15(2)26-14)18(23)13-25-20(24)17-9-6-10-21-19(17)27-16-7-4-3-5-8-16/h3-10,14-15H,11-13H2,1-2H3. The summed E-state index contributed by atoms with van der Waals surface area (Å²) < 4.78 is 10.9. The van der Waals surface area contributed by atoms with E-state index >= 15 is 0 Å². The number of ether oxygens (including phenoxy) is 2. The Labute approximate surface area is 162 Å². The van der Waals surface area contributed by atoms with Gasteiger partial charge >= 0.3 is 5.97 Å². The first-order chi connectivity index (χ1) is 13.0. The number of aromatic nitrogens is 1. The molecule has 0 aliphatic carbocycles. The average Bonchev–Trinajstić information content (AvgIpc) is 2.66. The third-order valence-corrected chi connectivity index (χ3v) is 5.07. The zero-order valence-electron chi connectivity index (χ0n) is 15.3. The van der Waals surface area contributed by atoms with E-state index in [1.54, 1.807) is 23.2 Å². The Morgan fingerprint density at radius 1 is 1.15 bits per heavy atom. The molecule has 2 unspecified atom stereocenters. The molecule has 0 radical (unpaired) electrons. The number of morpholine rings is 1. The Morgan fingerprint density at radius 2 is 1.85 bits per heavy atom. The average molecular weight is 386 g/mol. The number of rotatable bonds is 5. The molecular formula is C20H22N2O4S. The molecule has 27 heavy (non-hydrogen) atoms. The zero-order chi connectivity index (χ0) is 19.2. The summed E-state index contributed by atoms with van der Waals surface area (Å²) in [4.78, 5) is 31.8. The highest BCUT2D eigenvalue weighted by atomic mass is 32.2. The third kappa shape index (κ3) is 5.30. The van der Waals surface area contributed by atoms with Crippen molar-refractivity contribution in [3.63, 3.8) is 0 Å². The van der Waals surface area contributed by atoms with Crippen LogP contribution in [0.5, 0.6) is 0 Å². The summed E-state index contributed by atoms with van der Waals surface area (Å²) in [5.74, 6) is -0.768. The Bertz CT molecular complexity index is 790. The van der Waals surface area contributed by atoms with E-state index in [-0.39, 0.29) is 24.7 Å². The second-order valence-electron chi connectivity index (χ2n) is 6.40. The maximum atomic E-state index is 12.5. The third-order valence-electron chi connectivity index (χ3n) is 4.05. The molecule has 0 saturated carbocycles. The van der Waals surface area contributed by atoms with Gasteiger partial charge in [-0.05, 0) is 38.1 Å². The van der Waals surface area contributed by atoms with Crippen LogP contribution in [0.3, 0.4) is 0 Å². The lowest BCUT2D eigenvalue weighted by Crippen LogP contribution is -2.49. The zero-order valence-corrected chi connectivity index (χ0v) is 16.1. The largest absolute Gasteiger partial charge is 0.452 e. The number of esters is 1. The number of nitrogens with zero attached hydrogens (tertiary/aromatic N) is 2. The molecule has 1 saturated heterocycles. The highest BCUT2D eigenvalue weighted by Crippen LogP contribution is 2.28. The summed E-state index contributed by atoms with van der Waals surface area (Å²) in [6, 6.07) is 13.0. The van der Waals surface area contributed by atoms with Crippen LogP contribution in [0.4, 0.5) is 0 Å². The number of amides is 1. The first-order valence-electron chi connectivity index (χ1n) is 8.81. The van der Waals surface area contributed by atoms with E-state index in [2.05, 4.69) is 4.98 Å². The van der Waals surface area contributed by atoms with Crippen LogP contribution in [0.15, 0.2) is 58.6 Å². The van der Waals surface area contributed by atoms with Crippen molar-refractivity contribution in [1.29, 1.82) is 0 Å². The number of benzene rings is 1. The van der Waals surface area contributed by atoms with Gasteiger partial charge in [-0.2, -0.15) is 0 Å². The normalized spacial score (nSPS) is 19.6. The Hall–Kier alpha value is -2.38. The minimum Gasteiger partial charge on any atom is -0.452 e. The summed E-state index contributed by atoms with van der Waals surface area (Å²) >= 11 is 1.38. The number of carbonyl (C=O) groups excluding carboxylic acids is 2.